The molecule has 3 heteroatoms. The summed E-state index contributed by atoms with van der Waals surface area (Å²) in [6.45, 7) is 12.9. The molecular weight excluding hydrogens is 248 g/mol. The van der Waals surface area contributed by atoms with Gasteiger partial charge in [0.05, 0.1) is 6.54 Å². The van der Waals surface area contributed by atoms with Crippen LogP contribution in [0.1, 0.15) is 44.3 Å². The van der Waals surface area contributed by atoms with Crippen LogP contribution in [0.4, 0.5) is 0 Å². The van der Waals surface area contributed by atoms with Gasteiger partial charge in [0.1, 0.15) is 11.5 Å². The van der Waals surface area contributed by atoms with Crippen LogP contribution in [0, 0.1) is 12.3 Å². The molecule has 2 rings (SSSR count). The van der Waals surface area contributed by atoms with E-state index in [1.54, 1.807) is 5.57 Å². The van der Waals surface area contributed by atoms with E-state index in [4.69, 9.17) is 4.42 Å². The minimum atomic E-state index is 0.313. The van der Waals surface area contributed by atoms with E-state index in [1.165, 1.54) is 12.0 Å². The SMILES string of the molecule is CNCc1cc(CN2CC=C(C(C)(C)C)CC2)oc1C. The van der Waals surface area contributed by atoms with Crippen LogP contribution in [-0.2, 0) is 13.1 Å². The second-order valence-electron chi connectivity index (χ2n) is 6.79. The maximum absolute atomic E-state index is 5.86. The summed E-state index contributed by atoms with van der Waals surface area (Å²) in [7, 11) is 1.97. The molecule has 0 unspecified atom stereocenters. The average molecular weight is 276 g/mol. The monoisotopic (exact) mass is 276 g/mol. The first-order valence-electron chi connectivity index (χ1n) is 7.55. The lowest BCUT2D eigenvalue weighted by Crippen LogP contribution is -2.30. The number of nitrogens with one attached hydrogen (secondary N) is 1. The van der Waals surface area contributed by atoms with Gasteiger partial charge in [0.25, 0.3) is 0 Å². The molecule has 1 N–H and O–H groups in total. The summed E-state index contributed by atoms with van der Waals surface area (Å²) >= 11 is 0. The Morgan fingerprint density at radius 1 is 1.35 bits per heavy atom. The van der Waals surface area contributed by atoms with E-state index in [0.29, 0.717) is 5.41 Å². The number of furan rings is 1. The molecule has 3 nitrogen and oxygen atoms in total. The number of aryl methyl sites for hydroxylation is 1. The fourth-order valence-electron chi connectivity index (χ4n) is 2.79. The van der Waals surface area contributed by atoms with Crippen molar-refractivity contribution in [1.82, 2.24) is 10.2 Å². The van der Waals surface area contributed by atoms with Crippen molar-refractivity contribution in [2.24, 2.45) is 5.41 Å². The molecule has 1 aromatic heterocycles. The summed E-state index contributed by atoms with van der Waals surface area (Å²) < 4.78 is 5.86. The third-order valence-corrected chi connectivity index (χ3v) is 4.07. The van der Waals surface area contributed by atoms with Gasteiger partial charge in [-0.15, -0.1) is 0 Å². The molecule has 0 aromatic carbocycles. The number of hydrogen-bond donors (Lipinski definition) is 1. The van der Waals surface area contributed by atoms with Crippen molar-refractivity contribution in [2.75, 3.05) is 20.1 Å². The third-order valence-electron chi connectivity index (χ3n) is 4.07. The molecule has 1 aliphatic rings. The second-order valence-corrected chi connectivity index (χ2v) is 6.79. The summed E-state index contributed by atoms with van der Waals surface area (Å²) in [5, 5.41) is 3.18. The molecule has 0 saturated heterocycles. The highest BCUT2D eigenvalue weighted by Crippen LogP contribution is 2.30. The van der Waals surface area contributed by atoms with Crippen LogP contribution in [0.2, 0.25) is 0 Å². The lowest BCUT2D eigenvalue weighted by Gasteiger charge is -2.31. The van der Waals surface area contributed by atoms with Crippen LogP contribution in [0.15, 0.2) is 22.1 Å². The largest absolute Gasteiger partial charge is 0.465 e. The van der Waals surface area contributed by atoms with Crippen LogP contribution < -0.4 is 5.32 Å². The highest BCUT2D eigenvalue weighted by Gasteiger charge is 2.21. The van der Waals surface area contributed by atoms with Gasteiger partial charge in [-0.05, 0) is 31.9 Å². The standard InChI is InChI=1S/C17H28N2O/c1-13-14(11-18-5)10-16(20-13)12-19-8-6-15(7-9-19)17(2,3)4/h6,10,18H,7-9,11-12H2,1-5H3. The minimum Gasteiger partial charge on any atom is -0.465 e. The van der Waals surface area contributed by atoms with Crippen molar-refractivity contribution >= 4 is 0 Å². The molecule has 0 amide bonds. The number of hydrogen-bond acceptors (Lipinski definition) is 3. The van der Waals surface area contributed by atoms with Gasteiger partial charge in [0.2, 0.25) is 0 Å². The zero-order valence-corrected chi connectivity index (χ0v) is 13.5. The molecule has 0 saturated carbocycles. The zero-order chi connectivity index (χ0) is 14.8. The smallest absolute Gasteiger partial charge is 0.118 e. The molecule has 0 aliphatic carbocycles. The lowest BCUT2D eigenvalue weighted by molar-refractivity contribution is 0.248. The predicted molar refractivity (Wildman–Crippen MR) is 83.6 cm³/mol. The maximum atomic E-state index is 5.86. The van der Waals surface area contributed by atoms with Gasteiger partial charge in [-0.1, -0.05) is 32.4 Å². The Kier molecular flexibility index (Phi) is 4.71. The molecular formula is C17H28N2O. The van der Waals surface area contributed by atoms with Crippen LogP contribution in [0.3, 0.4) is 0 Å². The van der Waals surface area contributed by atoms with Gasteiger partial charge in [-0.3, -0.25) is 4.90 Å². The van der Waals surface area contributed by atoms with Gasteiger partial charge >= 0.3 is 0 Å². The van der Waals surface area contributed by atoms with E-state index in [-0.39, 0.29) is 0 Å². The summed E-state index contributed by atoms with van der Waals surface area (Å²) in [5.41, 5.74) is 3.17. The van der Waals surface area contributed by atoms with Crippen LogP contribution in [0.5, 0.6) is 0 Å². The second kappa shape index (κ2) is 6.15. The minimum absolute atomic E-state index is 0.313. The number of nitrogens with zero attached hydrogens (tertiary/aromatic N) is 1. The van der Waals surface area contributed by atoms with Gasteiger partial charge < -0.3 is 9.73 Å². The van der Waals surface area contributed by atoms with E-state index in [1.807, 2.05) is 14.0 Å². The van der Waals surface area contributed by atoms with Crippen molar-refractivity contribution in [3.05, 3.63) is 34.8 Å². The van der Waals surface area contributed by atoms with Gasteiger partial charge in [0, 0.05) is 25.2 Å². The van der Waals surface area contributed by atoms with E-state index in [0.717, 1.165) is 37.7 Å². The van der Waals surface area contributed by atoms with Crippen LogP contribution >= 0.6 is 0 Å². The molecule has 2 heterocycles. The van der Waals surface area contributed by atoms with E-state index < -0.39 is 0 Å². The highest BCUT2D eigenvalue weighted by molar-refractivity contribution is 5.21. The van der Waals surface area contributed by atoms with Crippen molar-refractivity contribution < 1.29 is 4.42 Å². The summed E-state index contributed by atoms with van der Waals surface area (Å²) in [5.74, 6) is 2.12. The lowest BCUT2D eigenvalue weighted by atomic mass is 9.83. The van der Waals surface area contributed by atoms with E-state index >= 15 is 0 Å². The van der Waals surface area contributed by atoms with Crippen LogP contribution in [-0.4, -0.2) is 25.0 Å². The van der Waals surface area contributed by atoms with Crippen LogP contribution in [0.25, 0.3) is 0 Å². The average Bonchev–Trinajstić information content (AvgIpc) is 2.70. The fourth-order valence-corrected chi connectivity index (χ4v) is 2.79. The Balaban J connectivity index is 1.96. The first-order chi connectivity index (χ1) is 9.40. The molecule has 0 spiro atoms. The Labute approximate surface area is 123 Å². The maximum Gasteiger partial charge on any atom is 0.118 e. The summed E-state index contributed by atoms with van der Waals surface area (Å²) in [4.78, 5) is 2.46. The molecule has 0 radical (unpaired) electrons. The Bertz CT molecular complexity index is 480. The predicted octanol–water partition coefficient (Wildman–Crippen LogP) is 3.49. The first kappa shape index (κ1) is 15.3. The normalized spacial score (nSPS) is 17.4. The van der Waals surface area contributed by atoms with Crippen molar-refractivity contribution in [1.29, 1.82) is 0 Å². The van der Waals surface area contributed by atoms with Crippen molar-refractivity contribution in [3.63, 3.8) is 0 Å². The Morgan fingerprint density at radius 2 is 2.10 bits per heavy atom. The van der Waals surface area contributed by atoms with Gasteiger partial charge in [0.15, 0.2) is 0 Å². The Hall–Kier alpha value is -1.06. The van der Waals surface area contributed by atoms with Gasteiger partial charge in [-0.2, -0.15) is 0 Å². The molecule has 0 fully saturated rings. The molecule has 20 heavy (non-hydrogen) atoms. The molecule has 1 aliphatic heterocycles. The summed E-state index contributed by atoms with van der Waals surface area (Å²) in [6.07, 6.45) is 3.57. The molecule has 112 valence electrons. The Morgan fingerprint density at radius 3 is 2.65 bits per heavy atom. The topological polar surface area (TPSA) is 28.4 Å². The first-order valence-corrected chi connectivity index (χ1v) is 7.55. The molecule has 0 atom stereocenters. The van der Waals surface area contributed by atoms with E-state index in [9.17, 15) is 0 Å². The number of rotatable bonds is 4. The van der Waals surface area contributed by atoms with Gasteiger partial charge in [-0.25, -0.2) is 0 Å². The highest BCUT2D eigenvalue weighted by atomic mass is 16.3. The third kappa shape index (κ3) is 3.74. The summed E-state index contributed by atoms with van der Waals surface area (Å²) in [6, 6.07) is 2.19. The quantitative estimate of drug-likeness (QED) is 0.853. The van der Waals surface area contributed by atoms with Crippen molar-refractivity contribution in [3.8, 4) is 0 Å². The molecule has 0 bridgehead atoms. The van der Waals surface area contributed by atoms with Crippen molar-refractivity contribution in [2.45, 2.75) is 47.2 Å². The zero-order valence-electron chi connectivity index (χ0n) is 13.5. The van der Waals surface area contributed by atoms with E-state index in [2.05, 4.69) is 43.1 Å². The molecule has 1 aromatic rings. The fraction of sp³-hybridized carbons (Fsp3) is 0.647.